The molecule has 8 nitrogen and oxygen atoms in total. The summed E-state index contributed by atoms with van der Waals surface area (Å²) in [6.07, 6.45) is 3.01. The fourth-order valence-electron chi connectivity index (χ4n) is 4.38. The topological polar surface area (TPSA) is 91.6 Å². The van der Waals surface area contributed by atoms with E-state index in [0.717, 1.165) is 24.2 Å². The molecule has 1 saturated heterocycles. The Morgan fingerprint density at radius 2 is 1.78 bits per heavy atom. The number of fused-ring (bicyclic) bond motifs is 1. The summed E-state index contributed by atoms with van der Waals surface area (Å²) in [4.78, 5) is 30.9. The van der Waals surface area contributed by atoms with E-state index < -0.39 is 5.37 Å². The molecule has 0 unspecified atom stereocenters. The number of piperidine rings is 1. The van der Waals surface area contributed by atoms with Crippen LogP contribution in [0, 0.1) is 0 Å². The predicted molar refractivity (Wildman–Crippen MR) is 143 cm³/mol. The van der Waals surface area contributed by atoms with Crippen LogP contribution in [0.2, 0.25) is 5.02 Å². The molecule has 2 radical (unpaired) electrons. The first-order valence-electron chi connectivity index (χ1n) is 11.4. The van der Waals surface area contributed by atoms with Crippen molar-refractivity contribution in [1.29, 1.82) is 0 Å². The fourth-order valence-corrected chi connectivity index (χ4v) is 4.71. The van der Waals surface area contributed by atoms with Crippen LogP contribution in [0.25, 0.3) is 16.9 Å². The summed E-state index contributed by atoms with van der Waals surface area (Å²) < 4.78 is 1.68. The molecule has 2 aromatic heterocycles. The van der Waals surface area contributed by atoms with Crippen molar-refractivity contribution in [2.45, 2.75) is 18.9 Å². The summed E-state index contributed by atoms with van der Waals surface area (Å²) in [6.45, 7) is 1.10. The third kappa shape index (κ3) is 4.89. The van der Waals surface area contributed by atoms with Crippen molar-refractivity contribution in [1.82, 2.24) is 19.5 Å². The molecule has 2 amide bonds. The summed E-state index contributed by atoms with van der Waals surface area (Å²) in [7, 11) is 6.13. The van der Waals surface area contributed by atoms with Crippen molar-refractivity contribution in [2.24, 2.45) is 0 Å². The highest BCUT2D eigenvalue weighted by Crippen LogP contribution is 2.29. The van der Waals surface area contributed by atoms with Crippen molar-refractivity contribution in [3.05, 3.63) is 71.4 Å². The van der Waals surface area contributed by atoms with Crippen molar-refractivity contribution >= 4 is 64.9 Å². The summed E-state index contributed by atoms with van der Waals surface area (Å²) >= 11 is 11.9. The van der Waals surface area contributed by atoms with E-state index in [9.17, 15) is 9.59 Å². The highest BCUT2D eigenvalue weighted by Gasteiger charge is 2.26. The number of hydrogen-bond acceptors (Lipinski definition) is 5. The van der Waals surface area contributed by atoms with Gasteiger partial charge in [0.2, 0.25) is 0 Å². The van der Waals surface area contributed by atoms with Crippen LogP contribution in [0.4, 0.5) is 16.3 Å². The van der Waals surface area contributed by atoms with Gasteiger partial charge in [-0.25, -0.2) is 4.98 Å². The first kappa shape index (κ1) is 24.2. The number of nitrogens with zero attached hydrogens (tertiary/aromatic N) is 4. The second kappa shape index (κ2) is 10.2. The molecule has 3 heterocycles. The molecule has 1 fully saturated rings. The number of carbonyl (C=O) groups is 2. The molecular weight excluding hydrogens is 498 g/mol. The average Bonchev–Trinajstić information content (AvgIpc) is 3.25. The molecule has 36 heavy (non-hydrogen) atoms. The van der Waals surface area contributed by atoms with Crippen LogP contribution in [-0.4, -0.2) is 57.7 Å². The lowest BCUT2D eigenvalue weighted by molar-refractivity contribution is 0.0719. The number of aromatic nitrogens is 3. The first-order valence-corrected chi connectivity index (χ1v) is 12.2. The molecule has 2 N–H and O–H groups in total. The molecule has 0 atom stereocenters. The van der Waals surface area contributed by atoms with Crippen molar-refractivity contribution < 1.29 is 9.59 Å². The maximum Gasteiger partial charge on any atom is 0.318 e. The number of likely N-dealkylation sites (tertiary alicyclic amines) is 1. The number of benzene rings is 2. The van der Waals surface area contributed by atoms with Gasteiger partial charge in [0.1, 0.15) is 13.7 Å². The SMILES string of the molecule is [B]c1cnn2c(NC3CCN(C(=O)c4ccccc4NC(=O)Cl)CC3)cc(-c3ccccc3Cl)nc12. The lowest BCUT2D eigenvalue weighted by Crippen LogP contribution is -2.42. The van der Waals surface area contributed by atoms with E-state index >= 15 is 0 Å². The normalized spacial score (nSPS) is 14.1. The Balaban J connectivity index is 1.34. The number of hydrogen-bond donors (Lipinski definition) is 2. The minimum atomic E-state index is -0.739. The Kier molecular flexibility index (Phi) is 6.85. The van der Waals surface area contributed by atoms with Crippen molar-refractivity contribution in [3.8, 4) is 11.3 Å². The van der Waals surface area contributed by atoms with E-state index in [0.29, 0.717) is 46.2 Å². The highest BCUT2D eigenvalue weighted by molar-refractivity contribution is 6.65. The van der Waals surface area contributed by atoms with Crippen molar-refractivity contribution in [2.75, 3.05) is 23.7 Å². The molecule has 1 aliphatic heterocycles. The maximum atomic E-state index is 13.1. The van der Waals surface area contributed by atoms with Crippen LogP contribution in [-0.2, 0) is 0 Å². The summed E-state index contributed by atoms with van der Waals surface area (Å²) in [5.41, 5.74) is 3.30. The Morgan fingerprint density at radius 1 is 1.06 bits per heavy atom. The van der Waals surface area contributed by atoms with Gasteiger partial charge in [-0.2, -0.15) is 9.61 Å². The van der Waals surface area contributed by atoms with Gasteiger partial charge in [-0.1, -0.05) is 41.9 Å². The summed E-state index contributed by atoms with van der Waals surface area (Å²) in [5.74, 6) is 0.591. The third-order valence-corrected chi connectivity index (χ3v) is 6.60. The van der Waals surface area contributed by atoms with Gasteiger partial charge >= 0.3 is 5.37 Å². The minimum absolute atomic E-state index is 0.0990. The van der Waals surface area contributed by atoms with E-state index in [-0.39, 0.29) is 11.9 Å². The molecule has 4 aromatic rings. The smallest absolute Gasteiger partial charge is 0.318 e. The second-order valence-corrected chi connectivity index (χ2v) is 9.25. The van der Waals surface area contributed by atoms with Crippen LogP contribution < -0.4 is 16.1 Å². The number of halogens is 2. The third-order valence-electron chi connectivity index (χ3n) is 6.17. The van der Waals surface area contributed by atoms with Gasteiger partial charge in [0, 0.05) is 42.0 Å². The lowest BCUT2D eigenvalue weighted by atomic mass is 10.0. The van der Waals surface area contributed by atoms with Gasteiger partial charge in [-0.05, 0) is 48.1 Å². The van der Waals surface area contributed by atoms with Gasteiger partial charge in [0.05, 0.1) is 16.9 Å². The standard InChI is InChI=1S/C25H21BCl2N6O2/c26-18-14-29-34-22(13-21(31-23(18)34)16-5-1-3-7-19(16)27)30-15-9-11-33(12-10-15)24(35)17-6-2-4-8-20(17)32-25(28)36/h1-8,13-15,30H,9-12H2,(H,32,36). The largest absolute Gasteiger partial charge is 0.367 e. The number of para-hydroxylation sites is 1. The molecule has 180 valence electrons. The van der Waals surface area contributed by atoms with Gasteiger partial charge in [0.15, 0.2) is 5.65 Å². The quantitative estimate of drug-likeness (QED) is 0.233. The van der Waals surface area contributed by atoms with Gasteiger partial charge in [-0.3, -0.25) is 9.59 Å². The zero-order chi connectivity index (χ0) is 25.2. The van der Waals surface area contributed by atoms with E-state index in [1.807, 2.05) is 30.3 Å². The highest BCUT2D eigenvalue weighted by atomic mass is 35.5. The van der Waals surface area contributed by atoms with E-state index in [4.69, 9.17) is 31.0 Å². The first-order chi connectivity index (χ1) is 17.4. The number of rotatable bonds is 5. The molecule has 0 saturated carbocycles. The molecule has 0 spiro atoms. The molecule has 11 heteroatoms. The Hall–Kier alpha value is -3.56. The van der Waals surface area contributed by atoms with Crippen LogP contribution in [0.15, 0.2) is 60.8 Å². The van der Waals surface area contributed by atoms with Gasteiger partial charge < -0.3 is 15.5 Å². The molecule has 0 bridgehead atoms. The van der Waals surface area contributed by atoms with E-state index in [1.54, 1.807) is 39.9 Å². The van der Waals surface area contributed by atoms with Gasteiger partial charge in [-0.15, -0.1) is 0 Å². The van der Waals surface area contributed by atoms with Crippen LogP contribution in [0.1, 0.15) is 23.2 Å². The number of anilines is 2. The van der Waals surface area contributed by atoms with E-state index in [1.165, 1.54) is 0 Å². The Labute approximate surface area is 219 Å². The van der Waals surface area contributed by atoms with Gasteiger partial charge in [0.25, 0.3) is 5.91 Å². The molecule has 2 aromatic carbocycles. The molecule has 5 rings (SSSR count). The number of nitrogens with one attached hydrogen (secondary N) is 2. The van der Waals surface area contributed by atoms with E-state index in [2.05, 4.69) is 20.7 Å². The number of amides is 2. The molecule has 1 aliphatic rings. The second-order valence-electron chi connectivity index (χ2n) is 8.50. The summed E-state index contributed by atoms with van der Waals surface area (Å²) in [5, 5.41) is 10.3. The Morgan fingerprint density at radius 3 is 2.53 bits per heavy atom. The fraction of sp³-hybridized carbons (Fsp3) is 0.200. The molecular formula is C25H21BCl2N6O2. The van der Waals surface area contributed by atoms with Crippen molar-refractivity contribution in [3.63, 3.8) is 0 Å². The Bertz CT molecular complexity index is 1450. The van der Waals surface area contributed by atoms with Crippen LogP contribution >= 0.6 is 23.2 Å². The minimum Gasteiger partial charge on any atom is -0.367 e. The summed E-state index contributed by atoms with van der Waals surface area (Å²) in [6, 6.07) is 16.3. The monoisotopic (exact) mass is 518 g/mol. The zero-order valence-electron chi connectivity index (χ0n) is 19.1. The lowest BCUT2D eigenvalue weighted by Gasteiger charge is -2.33. The maximum absolute atomic E-state index is 13.1. The predicted octanol–water partition coefficient (Wildman–Crippen LogP) is 4.33. The number of carbonyl (C=O) groups excluding carboxylic acids is 2. The average molecular weight is 519 g/mol. The van der Waals surface area contributed by atoms with Crippen LogP contribution in [0.3, 0.4) is 0 Å². The molecule has 0 aliphatic carbocycles. The van der Waals surface area contributed by atoms with Crippen LogP contribution in [0.5, 0.6) is 0 Å². The zero-order valence-corrected chi connectivity index (χ0v) is 20.6.